The molecule has 3 aromatic heterocycles. The smallest absolute Gasteiger partial charge is 0.321 e. The molecule has 4 heterocycles. The number of hydrogen-bond donors (Lipinski definition) is 2. The molecule has 2 fully saturated rings. The monoisotopic (exact) mass is 411 g/mol. The van der Waals surface area contributed by atoms with E-state index in [2.05, 4.69) is 39.4 Å². The summed E-state index contributed by atoms with van der Waals surface area (Å²) in [4.78, 5) is 19.1. The minimum absolute atomic E-state index is 0.119. The number of nitrogens with zero attached hydrogens (tertiary/aromatic N) is 5. The third-order valence-corrected chi connectivity index (χ3v) is 6.60. The number of urea groups is 1. The molecule has 5 rings (SSSR count). The summed E-state index contributed by atoms with van der Waals surface area (Å²) in [6, 6.07) is 1.72. The number of H-pyrrole nitrogens is 1. The molecular weight excluding hydrogens is 385 g/mol. The van der Waals surface area contributed by atoms with E-state index in [4.69, 9.17) is 0 Å². The quantitative estimate of drug-likeness (QED) is 0.685. The van der Waals surface area contributed by atoms with Crippen molar-refractivity contribution in [2.45, 2.75) is 39.9 Å². The molecule has 1 saturated heterocycles. The molecule has 2 aliphatic rings. The van der Waals surface area contributed by atoms with Gasteiger partial charge in [-0.2, -0.15) is 10.2 Å². The summed E-state index contributed by atoms with van der Waals surface area (Å²) < 4.78 is 15.8. The molecule has 0 radical (unpaired) electrons. The Morgan fingerprint density at radius 1 is 1.30 bits per heavy atom. The van der Waals surface area contributed by atoms with Crippen LogP contribution in [0.1, 0.15) is 27.7 Å². The van der Waals surface area contributed by atoms with Gasteiger partial charge in [-0.25, -0.2) is 9.18 Å². The van der Waals surface area contributed by atoms with Gasteiger partial charge in [0, 0.05) is 24.7 Å². The van der Waals surface area contributed by atoms with Crippen LogP contribution in [0.15, 0.2) is 24.7 Å². The molecule has 9 heteroatoms. The molecule has 2 unspecified atom stereocenters. The van der Waals surface area contributed by atoms with Crippen LogP contribution in [-0.4, -0.2) is 54.7 Å². The van der Waals surface area contributed by atoms with Gasteiger partial charge in [-0.05, 0) is 37.2 Å². The van der Waals surface area contributed by atoms with Gasteiger partial charge in [0.1, 0.15) is 11.4 Å². The average molecular weight is 411 g/mol. The van der Waals surface area contributed by atoms with Crippen LogP contribution in [0.25, 0.3) is 22.3 Å². The van der Waals surface area contributed by atoms with Gasteiger partial charge in [-0.1, -0.05) is 13.8 Å². The molecule has 1 aliphatic heterocycles. The first-order valence-electron chi connectivity index (χ1n) is 10.2. The number of pyridine rings is 1. The predicted octanol–water partition coefficient (Wildman–Crippen LogP) is 3.69. The second-order valence-corrected chi connectivity index (χ2v) is 9.68. The lowest BCUT2D eigenvalue weighted by Crippen LogP contribution is -2.36. The zero-order valence-corrected chi connectivity index (χ0v) is 17.6. The highest BCUT2D eigenvalue weighted by Crippen LogP contribution is 2.61. The number of alkyl halides is 1. The van der Waals surface area contributed by atoms with Gasteiger partial charge < -0.3 is 10.2 Å². The maximum atomic E-state index is 14.1. The summed E-state index contributed by atoms with van der Waals surface area (Å²) in [6.07, 6.45) is 4.96. The maximum Gasteiger partial charge on any atom is 0.321 e. The van der Waals surface area contributed by atoms with Crippen molar-refractivity contribution in [3.63, 3.8) is 0 Å². The van der Waals surface area contributed by atoms with Crippen molar-refractivity contribution in [2.75, 3.05) is 18.4 Å². The summed E-state index contributed by atoms with van der Waals surface area (Å²) in [5.74, 6) is 1.19. The largest absolute Gasteiger partial charge is 0.324 e. The molecule has 2 N–H and O–H groups in total. The number of nitrogens with one attached hydrogen (secondary N) is 2. The van der Waals surface area contributed by atoms with Gasteiger partial charge in [0.2, 0.25) is 0 Å². The van der Waals surface area contributed by atoms with E-state index in [9.17, 15) is 9.18 Å². The number of carbonyl (C=O) groups is 1. The predicted molar refractivity (Wildman–Crippen MR) is 112 cm³/mol. The van der Waals surface area contributed by atoms with E-state index in [1.807, 2.05) is 11.0 Å². The molecule has 0 bridgehead atoms. The van der Waals surface area contributed by atoms with Crippen molar-refractivity contribution >= 4 is 22.6 Å². The van der Waals surface area contributed by atoms with Crippen LogP contribution >= 0.6 is 0 Å². The highest BCUT2D eigenvalue weighted by Gasteiger charge is 2.62. The number of rotatable bonds is 4. The Hall–Kier alpha value is -2.97. The topological polar surface area (TPSA) is 91.7 Å². The number of piperidine rings is 1. The third kappa shape index (κ3) is 3.12. The molecule has 2 amide bonds. The number of carbonyl (C=O) groups excluding carboxylic acids is 1. The fraction of sp³-hybridized carbons (Fsp3) is 0.524. The second kappa shape index (κ2) is 6.26. The highest BCUT2D eigenvalue weighted by molar-refractivity contribution is 5.94. The molecule has 8 nitrogen and oxygen atoms in total. The van der Waals surface area contributed by atoms with Gasteiger partial charge in [0.05, 0.1) is 35.8 Å². The Morgan fingerprint density at radius 2 is 2.03 bits per heavy atom. The molecule has 158 valence electrons. The van der Waals surface area contributed by atoms with Crippen molar-refractivity contribution in [3.8, 4) is 11.4 Å². The number of hydrogen-bond acceptors (Lipinski definition) is 4. The van der Waals surface area contributed by atoms with Gasteiger partial charge >= 0.3 is 6.03 Å². The van der Waals surface area contributed by atoms with Crippen molar-refractivity contribution < 1.29 is 9.18 Å². The molecule has 30 heavy (non-hydrogen) atoms. The molecule has 0 aromatic carbocycles. The molecule has 1 aliphatic carbocycles. The summed E-state index contributed by atoms with van der Waals surface area (Å²) >= 11 is 0. The Balaban J connectivity index is 1.37. The van der Waals surface area contributed by atoms with Crippen molar-refractivity contribution in [1.82, 2.24) is 29.9 Å². The summed E-state index contributed by atoms with van der Waals surface area (Å²) in [5, 5.41) is 15.1. The first-order chi connectivity index (χ1) is 14.1. The molecule has 1 saturated carbocycles. The number of anilines is 1. The number of halogens is 1. The zero-order valence-electron chi connectivity index (χ0n) is 17.6. The van der Waals surface area contributed by atoms with E-state index < -0.39 is 5.67 Å². The van der Waals surface area contributed by atoms with Crippen LogP contribution in [0.3, 0.4) is 0 Å². The van der Waals surface area contributed by atoms with E-state index >= 15 is 0 Å². The third-order valence-electron chi connectivity index (χ3n) is 6.60. The second-order valence-electron chi connectivity index (χ2n) is 9.68. The highest BCUT2D eigenvalue weighted by atomic mass is 19.1. The fourth-order valence-electron chi connectivity index (χ4n) is 4.66. The van der Waals surface area contributed by atoms with Crippen molar-refractivity contribution in [3.05, 3.63) is 24.7 Å². The Morgan fingerprint density at radius 3 is 2.73 bits per heavy atom. The molecule has 0 spiro atoms. The summed E-state index contributed by atoms with van der Waals surface area (Å²) in [5.41, 5.74) is 1.54. The van der Waals surface area contributed by atoms with E-state index in [1.165, 1.54) is 13.8 Å². The molecule has 3 aromatic rings. The normalized spacial score (nSPS) is 22.4. The molecular formula is C21H26FN7O. The van der Waals surface area contributed by atoms with E-state index in [0.29, 0.717) is 34.3 Å². The SMILES string of the molecule is CC(C)(F)Cn1ncc2cnc(-c3[nH]ncc3NC(=O)N3CC4C(C3)C4(C)C)cc21. The average Bonchev–Trinajstić information content (AvgIpc) is 3.21. The summed E-state index contributed by atoms with van der Waals surface area (Å²) in [6.45, 7) is 9.30. The first-order valence-corrected chi connectivity index (χ1v) is 10.2. The van der Waals surface area contributed by atoms with Crippen LogP contribution < -0.4 is 5.32 Å². The van der Waals surface area contributed by atoms with Crippen LogP contribution in [-0.2, 0) is 6.54 Å². The van der Waals surface area contributed by atoms with Gasteiger partial charge in [0.15, 0.2) is 0 Å². The number of aromatic amines is 1. The molecule has 2 atom stereocenters. The Bertz CT molecular complexity index is 1110. The first kappa shape index (κ1) is 19.0. The Kier molecular flexibility index (Phi) is 3.97. The van der Waals surface area contributed by atoms with E-state index in [-0.39, 0.29) is 12.6 Å². The van der Waals surface area contributed by atoms with Gasteiger partial charge in [0.25, 0.3) is 0 Å². The van der Waals surface area contributed by atoms with Crippen LogP contribution in [0.5, 0.6) is 0 Å². The van der Waals surface area contributed by atoms with Crippen LogP contribution in [0.4, 0.5) is 14.9 Å². The van der Waals surface area contributed by atoms with E-state index in [1.54, 1.807) is 23.3 Å². The number of aromatic nitrogens is 5. The van der Waals surface area contributed by atoms with Gasteiger partial charge in [-0.3, -0.25) is 14.8 Å². The zero-order chi connectivity index (χ0) is 21.3. The van der Waals surface area contributed by atoms with Crippen LogP contribution in [0, 0.1) is 17.3 Å². The minimum atomic E-state index is -1.39. The van der Waals surface area contributed by atoms with Crippen LogP contribution in [0.2, 0.25) is 0 Å². The Labute approximate surface area is 173 Å². The summed E-state index contributed by atoms with van der Waals surface area (Å²) in [7, 11) is 0. The van der Waals surface area contributed by atoms with Crippen molar-refractivity contribution in [1.29, 1.82) is 0 Å². The lowest BCUT2D eigenvalue weighted by molar-refractivity contribution is 0.182. The lowest BCUT2D eigenvalue weighted by atomic mass is 10.1. The van der Waals surface area contributed by atoms with E-state index in [0.717, 1.165) is 24.0 Å². The number of fused-ring (bicyclic) bond motifs is 2. The standard InChI is InChI=1S/C21H26FN7O/c1-20(2,22)11-29-17-5-15(23-6-12(17)7-25-29)18-16(8-24-27-18)26-19(30)28-9-13-14(10-28)21(13,3)4/h5-8,13-14H,9-11H2,1-4H3,(H,24,27)(H,26,30). The fourth-order valence-corrected chi connectivity index (χ4v) is 4.66. The number of likely N-dealkylation sites (tertiary alicyclic amines) is 1. The maximum absolute atomic E-state index is 14.1. The minimum Gasteiger partial charge on any atom is -0.324 e. The van der Waals surface area contributed by atoms with Crippen molar-refractivity contribution in [2.24, 2.45) is 17.3 Å². The van der Waals surface area contributed by atoms with Gasteiger partial charge in [-0.15, -0.1) is 0 Å². The number of amides is 2. The lowest BCUT2D eigenvalue weighted by Gasteiger charge is -2.22.